The molecule has 5 nitrogen and oxygen atoms in total. The lowest BCUT2D eigenvalue weighted by molar-refractivity contribution is 0.0236. The molecule has 0 aromatic heterocycles. The van der Waals surface area contributed by atoms with Crippen molar-refractivity contribution in [3.63, 3.8) is 0 Å². The third kappa shape index (κ3) is 3.16. The lowest BCUT2D eigenvalue weighted by Crippen LogP contribution is -2.50. The van der Waals surface area contributed by atoms with Crippen LogP contribution in [0.4, 0.5) is 0 Å². The first-order chi connectivity index (χ1) is 13.2. The zero-order valence-corrected chi connectivity index (χ0v) is 15.9. The third-order valence-corrected chi connectivity index (χ3v) is 5.79. The Labute approximate surface area is 159 Å². The van der Waals surface area contributed by atoms with Crippen molar-refractivity contribution in [1.82, 2.24) is 4.90 Å². The van der Waals surface area contributed by atoms with Crippen LogP contribution >= 0.6 is 0 Å². The quantitative estimate of drug-likeness (QED) is 0.834. The molecule has 1 spiro atoms. The summed E-state index contributed by atoms with van der Waals surface area (Å²) in [6.45, 7) is 2.70. The number of hydrogen-bond donors (Lipinski definition) is 0. The first kappa shape index (κ1) is 17.9. The maximum Gasteiger partial charge on any atom is 0.254 e. The molecular weight excluding hydrogens is 342 g/mol. The van der Waals surface area contributed by atoms with Crippen molar-refractivity contribution in [2.24, 2.45) is 0 Å². The second-order valence-electron chi connectivity index (χ2n) is 7.28. The van der Waals surface area contributed by atoms with Gasteiger partial charge in [-0.25, -0.2) is 0 Å². The van der Waals surface area contributed by atoms with E-state index < -0.39 is 0 Å². The van der Waals surface area contributed by atoms with Gasteiger partial charge in [-0.05, 0) is 48.2 Å². The monoisotopic (exact) mass is 367 g/mol. The third-order valence-electron chi connectivity index (χ3n) is 5.79. The van der Waals surface area contributed by atoms with Crippen molar-refractivity contribution < 1.29 is 19.0 Å². The number of fused-ring (bicyclic) bond motifs is 2. The van der Waals surface area contributed by atoms with Gasteiger partial charge in [-0.2, -0.15) is 0 Å². The Morgan fingerprint density at radius 3 is 2.37 bits per heavy atom. The highest BCUT2D eigenvalue weighted by Gasteiger charge is 2.43. The zero-order valence-electron chi connectivity index (χ0n) is 15.9. The molecule has 1 fully saturated rings. The van der Waals surface area contributed by atoms with E-state index in [0.717, 1.165) is 29.7 Å². The molecule has 0 saturated carbocycles. The van der Waals surface area contributed by atoms with Gasteiger partial charge in [0.2, 0.25) is 0 Å². The summed E-state index contributed by atoms with van der Waals surface area (Å²) in [4.78, 5) is 15.1. The maximum atomic E-state index is 13.2. The minimum Gasteiger partial charge on any atom is -0.493 e. The van der Waals surface area contributed by atoms with Crippen LogP contribution in [-0.4, -0.2) is 44.8 Å². The standard InChI is InChI=1S/C22H25NO4/c1-25-19-12-17-14-23(21(24)16-6-4-3-5-7-16)15-22(8-10-27-11-9-22)18(17)13-20(19)26-2/h3-7,12-13H,8-11,14-15H2,1-2H3. The summed E-state index contributed by atoms with van der Waals surface area (Å²) in [5.41, 5.74) is 3.02. The highest BCUT2D eigenvalue weighted by molar-refractivity contribution is 5.94. The van der Waals surface area contributed by atoms with Gasteiger partial charge in [-0.3, -0.25) is 4.79 Å². The molecule has 0 atom stereocenters. The van der Waals surface area contributed by atoms with Crippen molar-refractivity contribution in [3.05, 3.63) is 59.2 Å². The molecule has 2 aliphatic rings. The van der Waals surface area contributed by atoms with Crippen molar-refractivity contribution in [3.8, 4) is 11.5 Å². The largest absolute Gasteiger partial charge is 0.493 e. The molecule has 0 radical (unpaired) electrons. The van der Waals surface area contributed by atoms with Crippen molar-refractivity contribution >= 4 is 5.91 Å². The molecule has 27 heavy (non-hydrogen) atoms. The van der Waals surface area contributed by atoms with E-state index in [4.69, 9.17) is 14.2 Å². The SMILES string of the molecule is COc1cc2c(cc1OC)C1(CCOCC1)CN(C(=O)c1ccccc1)C2. The van der Waals surface area contributed by atoms with Gasteiger partial charge in [-0.1, -0.05) is 18.2 Å². The molecule has 1 saturated heterocycles. The number of benzene rings is 2. The number of nitrogens with zero attached hydrogens (tertiary/aromatic N) is 1. The predicted molar refractivity (Wildman–Crippen MR) is 102 cm³/mol. The van der Waals surface area contributed by atoms with Gasteiger partial charge in [0.05, 0.1) is 14.2 Å². The van der Waals surface area contributed by atoms with E-state index in [9.17, 15) is 4.79 Å². The minimum atomic E-state index is -0.101. The summed E-state index contributed by atoms with van der Waals surface area (Å²) < 4.78 is 16.7. The summed E-state index contributed by atoms with van der Waals surface area (Å²) in [5.74, 6) is 1.51. The fraction of sp³-hybridized carbons (Fsp3) is 0.409. The van der Waals surface area contributed by atoms with Crippen LogP contribution in [0.5, 0.6) is 11.5 Å². The molecule has 4 rings (SSSR count). The van der Waals surface area contributed by atoms with Crippen LogP contribution in [0, 0.1) is 0 Å². The van der Waals surface area contributed by atoms with Crippen LogP contribution in [-0.2, 0) is 16.7 Å². The summed E-state index contributed by atoms with van der Waals surface area (Å²) in [5, 5.41) is 0. The highest BCUT2D eigenvalue weighted by atomic mass is 16.5. The Balaban J connectivity index is 1.77. The molecule has 0 N–H and O–H groups in total. The zero-order chi connectivity index (χ0) is 18.9. The summed E-state index contributed by atoms with van der Waals surface area (Å²) in [7, 11) is 3.30. The van der Waals surface area contributed by atoms with Crippen LogP contribution in [0.1, 0.15) is 34.3 Å². The number of ether oxygens (including phenoxy) is 3. The van der Waals surface area contributed by atoms with Gasteiger partial charge in [0, 0.05) is 37.3 Å². The average Bonchev–Trinajstić information content (AvgIpc) is 2.73. The van der Waals surface area contributed by atoms with E-state index in [-0.39, 0.29) is 11.3 Å². The Morgan fingerprint density at radius 1 is 1.04 bits per heavy atom. The summed E-state index contributed by atoms with van der Waals surface area (Å²) >= 11 is 0. The van der Waals surface area contributed by atoms with Gasteiger partial charge in [-0.15, -0.1) is 0 Å². The summed E-state index contributed by atoms with van der Waals surface area (Å²) in [6.07, 6.45) is 1.79. The van der Waals surface area contributed by atoms with E-state index in [0.29, 0.717) is 32.1 Å². The topological polar surface area (TPSA) is 48.0 Å². The number of carbonyl (C=O) groups excluding carboxylic acids is 1. The first-order valence-corrected chi connectivity index (χ1v) is 9.34. The van der Waals surface area contributed by atoms with Gasteiger partial charge >= 0.3 is 0 Å². The number of rotatable bonds is 3. The van der Waals surface area contributed by atoms with Gasteiger partial charge < -0.3 is 19.1 Å². The average molecular weight is 367 g/mol. The minimum absolute atomic E-state index is 0.0712. The van der Waals surface area contributed by atoms with Crippen molar-refractivity contribution in [2.45, 2.75) is 24.8 Å². The Hall–Kier alpha value is -2.53. The van der Waals surface area contributed by atoms with Crippen LogP contribution < -0.4 is 9.47 Å². The number of hydrogen-bond acceptors (Lipinski definition) is 4. The van der Waals surface area contributed by atoms with Crippen LogP contribution in [0.25, 0.3) is 0 Å². The Bertz CT molecular complexity index is 828. The van der Waals surface area contributed by atoms with Crippen LogP contribution in [0.2, 0.25) is 0 Å². The molecule has 0 aliphatic carbocycles. The van der Waals surface area contributed by atoms with Gasteiger partial charge in [0.1, 0.15) is 0 Å². The van der Waals surface area contributed by atoms with Gasteiger partial charge in [0.25, 0.3) is 5.91 Å². The second kappa shape index (κ2) is 7.24. The number of methoxy groups -OCH3 is 2. The lowest BCUT2D eigenvalue weighted by atomic mass is 9.69. The highest BCUT2D eigenvalue weighted by Crippen LogP contribution is 2.45. The Morgan fingerprint density at radius 2 is 1.70 bits per heavy atom. The van der Waals surface area contributed by atoms with Crippen LogP contribution in [0.3, 0.4) is 0 Å². The molecule has 5 heteroatoms. The molecule has 2 heterocycles. The van der Waals surface area contributed by atoms with E-state index >= 15 is 0 Å². The summed E-state index contributed by atoms with van der Waals surface area (Å²) in [6, 6.07) is 13.6. The smallest absolute Gasteiger partial charge is 0.254 e. The van der Waals surface area contributed by atoms with E-state index in [1.165, 1.54) is 5.56 Å². The van der Waals surface area contributed by atoms with E-state index in [1.54, 1.807) is 14.2 Å². The molecule has 2 aromatic carbocycles. The molecule has 2 aliphatic heterocycles. The molecule has 1 amide bonds. The second-order valence-corrected chi connectivity index (χ2v) is 7.28. The van der Waals surface area contributed by atoms with Crippen LogP contribution in [0.15, 0.2) is 42.5 Å². The molecular formula is C22H25NO4. The molecule has 142 valence electrons. The molecule has 0 bridgehead atoms. The maximum absolute atomic E-state index is 13.2. The lowest BCUT2D eigenvalue weighted by Gasteiger charge is -2.46. The van der Waals surface area contributed by atoms with Crippen molar-refractivity contribution in [1.29, 1.82) is 0 Å². The van der Waals surface area contributed by atoms with Crippen molar-refractivity contribution in [2.75, 3.05) is 34.0 Å². The Kier molecular flexibility index (Phi) is 4.79. The first-order valence-electron chi connectivity index (χ1n) is 9.34. The van der Waals surface area contributed by atoms with Gasteiger partial charge in [0.15, 0.2) is 11.5 Å². The molecule has 0 unspecified atom stereocenters. The number of amides is 1. The fourth-order valence-electron chi connectivity index (χ4n) is 4.35. The predicted octanol–water partition coefficient (Wildman–Crippen LogP) is 3.41. The molecule has 2 aromatic rings. The normalized spacial score (nSPS) is 18.1. The number of carbonyl (C=O) groups is 1. The fourth-order valence-corrected chi connectivity index (χ4v) is 4.35. The van der Waals surface area contributed by atoms with E-state index in [1.807, 2.05) is 41.3 Å². The van der Waals surface area contributed by atoms with E-state index in [2.05, 4.69) is 6.07 Å².